The third-order valence-corrected chi connectivity index (χ3v) is 4.70. The van der Waals surface area contributed by atoms with Gasteiger partial charge in [0.05, 0.1) is 26.0 Å². The number of hydrogen-bond donors (Lipinski definition) is 1. The molecule has 0 atom stereocenters. The number of rotatable bonds is 6. The molecule has 0 aliphatic rings. The van der Waals surface area contributed by atoms with E-state index in [0.717, 1.165) is 22.6 Å². The minimum absolute atomic E-state index is 0.329. The molecular weight excluding hydrogens is 382 g/mol. The van der Waals surface area contributed by atoms with Crippen molar-refractivity contribution < 1.29 is 19.1 Å². The Bertz CT molecular complexity index is 1120. The van der Waals surface area contributed by atoms with E-state index in [9.17, 15) is 9.59 Å². The van der Waals surface area contributed by atoms with Gasteiger partial charge in [-0.2, -0.15) is 5.10 Å². The van der Waals surface area contributed by atoms with E-state index in [1.807, 2.05) is 36.6 Å². The van der Waals surface area contributed by atoms with Crippen LogP contribution in [0.4, 0.5) is 0 Å². The van der Waals surface area contributed by atoms with Crippen LogP contribution in [-0.2, 0) is 4.74 Å². The van der Waals surface area contributed by atoms with Crippen molar-refractivity contribution in [2.24, 2.45) is 5.10 Å². The summed E-state index contributed by atoms with van der Waals surface area (Å²) in [5, 5.41) is 4.09. The summed E-state index contributed by atoms with van der Waals surface area (Å²) in [6.07, 6.45) is 1.60. The van der Waals surface area contributed by atoms with Crippen LogP contribution < -0.4 is 10.2 Å². The molecule has 0 radical (unpaired) electrons. The lowest BCUT2D eigenvalue weighted by Crippen LogP contribution is -2.17. The van der Waals surface area contributed by atoms with Crippen LogP contribution in [0.5, 0.6) is 5.75 Å². The van der Waals surface area contributed by atoms with E-state index >= 15 is 0 Å². The number of aryl methyl sites for hydroxylation is 1. The molecule has 0 bridgehead atoms. The van der Waals surface area contributed by atoms with Crippen molar-refractivity contribution >= 4 is 18.1 Å². The fraction of sp³-hybridized carbons (Fsp3) is 0.174. The van der Waals surface area contributed by atoms with Crippen molar-refractivity contribution in [2.75, 3.05) is 14.2 Å². The molecule has 0 unspecified atom stereocenters. The Morgan fingerprint density at radius 1 is 1.00 bits per heavy atom. The zero-order chi connectivity index (χ0) is 21.7. The smallest absolute Gasteiger partial charge is 0.337 e. The van der Waals surface area contributed by atoms with Crippen molar-refractivity contribution in [1.82, 2.24) is 9.99 Å². The molecule has 0 aliphatic heterocycles. The van der Waals surface area contributed by atoms with Gasteiger partial charge in [0.15, 0.2) is 0 Å². The second-order valence-electron chi connectivity index (χ2n) is 6.63. The number of hydrogen-bond acceptors (Lipinski definition) is 5. The first kappa shape index (κ1) is 20.9. The molecule has 0 saturated carbocycles. The highest BCUT2D eigenvalue weighted by molar-refractivity contribution is 5.95. The van der Waals surface area contributed by atoms with Gasteiger partial charge in [-0.05, 0) is 56.3 Å². The van der Waals surface area contributed by atoms with Gasteiger partial charge in [0.25, 0.3) is 5.91 Å². The highest BCUT2D eigenvalue weighted by atomic mass is 16.5. The summed E-state index contributed by atoms with van der Waals surface area (Å²) in [7, 11) is 2.90. The predicted molar refractivity (Wildman–Crippen MR) is 115 cm³/mol. The van der Waals surface area contributed by atoms with E-state index < -0.39 is 0 Å². The lowest BCUT2D eigenvalue weighted by molar-refractivity contribution is 0.0600. The first-order valence-electron chi connectivity index (χ1n) is 9.29. The number of nitrogens with zero attached hydrogens (tertiary/aromatic N) is 2. The van der Waals surface area contributed by atoms with Crippen LogP contribution in [0.3, 0.4) is 0 Å². The quantitative estimate of drug-likeness (QED) is 0.386. The van der Waals surface area contributed by atoms with Crippen LogP contribution in [0.1, 0.15) is 37.7 Å². The third-order valence-electron chi connectivity index (χ3n) is 4.70. The Labute approximate surface area is 174 Å². The monoisotopic (exact) mass is 405 g/mol. The van der Waals surface area contributed by atoms with Crippen LogP contribution in [0.15, 0.2) is 59.7 Å². The number of carbonyl (C=O) groups is 2. The average molecular weight is 405 g/mol. The van der Waals surface area contributed by atoms with Crippen LogP contribution >= 0.6 is 0 Å². The van der Waals surface area contributed by atoms with Gasteiger partial charge >= 0.3 is 5.97 Å². The van der Waals surface area contributed by atoms with E-state index in [4.69, 9.17) is 9.47 Å². The van der Waals surface area contributed by atoms with Gasteiger partial charge in [0, 0.05) is 28.2 Å². The molecule has 2 aromatic carbocycles. The van der Waals surface area contributed by atoms with Gasteiger partial charge in [0.2, 0.25) is 0 Å². The lowest BCUT2D eigenvalue weighted by Gasteiger charge is -2.11. The molecule has 0 saturated heterocycles. The van der Waals surface area contributed by atoms with Crippen LogP contribution in [-0.4, -0.2) is 36.9 Å². The van der Waals surface area contributed by atoms with Crippen molar-refractivity contribution in [3.05, 3.63) is 82.7 Å². The fourth-order valence-corrected chi connectivity index (χ4v) is 3.19. The zero-order valence-electron chi connectivity index (χ0n) is 17.3. The van der Waals surface area contributed by atoms with Crippen molar-refractivity contribution in [3.8, 4) is 11.4 Å². The van der Waals surface area contributed by atoms with Gasteiger partial charge < -0.3 is 14.0 Å². The van der Waals surface area contributed by atoms with Crippen molar-refractivity contribution in [1.29, 1.82) is 0 Å². The van der Waals surface area contributed by atoms with Gasteiger partial charge in [0.1, 0.15) is 5.75 Å². The standard InChI is InChI=1S/C23H23N3O4/c1-15-11-19(14-24-25-22(27)17-7-6-10-21(13-17)29-3)16(2)26(15)20-9-5-8-18(12-20)23(28)30-4/h5-14H,1-4H3,(H,25,27)/b24-14-. The molecule has 1 aromatic heterocycles. The molecular formula is C23H23N3O4. The van der Waals surface area contributed by atoms with E-state index in [1.165, 1.54) is 7.11 Å². The van der Waals surface area contributed by atoms with Crippen LogP contribution in [0.2, 0.25) is 0 Å². The minimum atomic E-state index is -0.388. The number of ether oxygens (including phenoxy) is 2. The van der Waals surface area contributed by atoms with E-state index in [0.29, 0.717) is 16.9 Å². The summed E-state index contributed by atoms with van der Waals surface area (Å²) in [4.78, 5) is 24.1. The number of amides is 1. The Kier molecular flexibility index (Phi) is 6.32. The average Bonchev–Trinajstić information content (AvgIpc) is 3.06. The molecule has 3 aromatic rings. The summed E-state index contributed by atoms with van der Waals surface area (Å²) in [5.41, 5.74) is 7.04. The van der Waals surface area contributed by atoms with Gasteiger partial charge in [-0.15, -0.1) is 0 Å². The Balaban J connectivity index is 1.80. The number of aromatic nitrogens is 1. The van der Waals surface area contributed by atoms with E-state index in [2.05, 4.69) is 10.5 Å². The van der Waals surface area contributed by atoms with E-state index in [1.54, 1.807) is 49.7 Å². The highest BCUT2D eigenvalue weighted by Crippen LogP contribution is 2.21. The van der Waals surface area contributed by atoms with Crippen molar-refractivity contribution in [3.63, 3.8) is 0 Å². The molecule has 7 heteroatoms. The number of nitrogens with one attached hydrogen (secondary N) is 1. The fourth-order valence-electron chi connectivity index (χ4n) is 3.19. The summed E-state index contributed by atoms with van der Waals surface area (Å²) in [6, 6.07) is 16.0. The minimum Gasteiger partial charge on any atom is -0.497 e. The maximum Gasteiger partial charge on any atom is 0.337 e. The predicted octanol–water partition coefficient (Wildman–Crippen LogP) is 3.65. The topological polar surface area (TPSA) is 81.9 Å². The number of esters is 1. The maximum absolute atomic E-state index is 12.3. The van der Waals surface area contributed by atoms with Crippen LogP contribution in [0.25, 0.3) is 5.69 Å². The van der Waals surface area contributed by atoms with E-state index in [-0.39, 0.29) is 11.9 Å². The second-order valence-corrected chi connectivity index (χ2v) is 6.63. The summed E-state index contributed by atoms with van der Waals surface area (Å²) in [5.74, 6) is -0.115. The number of hydrazone groups is 1. The molecule has 0 fully saturated rings. The second kappa shape index (κ2) is 9.09. The SMILES string of the molecule is COC(=O)c1cccc(-n2c(C)cc(/C=N\NC(=O)c3cccc(OC)c3)c2C)c1. The summed E-state index contributed by atoms with van der Waals surface area (Å²) in [6.45, 7) is 3.91. The summed E-state index contributed by atoms with van der Waals surface area (Å²) < 4.78 is 11.9. The number of benzene rings is 2. The van der Waals surface area contributed by atoms with Gasteiger partial charge in [-0.3, -0.25) is 4.79 Å². The first-order valence-corrected chi connectivity index (χ1v) is 9.29. The summed E-state index contributed by atoms with van der Waals surface area (Å²) >= 11 is 0. The lowest BCUT2D eigenvalue weighted by atomic mass is 10.2. The zero-order valence-corrected chi connectivity index (χ0v) is 17.3. The first-order chi connectivity index (χ1) is 14.4. The van der Waals surface area contributed by atoms with Crippen molar-refractivity contribution in [2.45, 2.75) is 13.8 Å². The molecule has 7 nitrogen and oxygen atoms in total. The van der Waals surface area contributed by atoms with Crippen LogP contribution in [0, 0.1) is 13.8 Å². The molecule has 154 valence electrons. The molecule has 0 spiro atoms. The highest BCUT2D eigenvalue weighted by Gasteiger charge is 2.12. The Morgan fingerprint density at radius 2 is 1.73 bits per heavy atom. The molecule has 1 N–H and O–H groups in total. The molecule has 3 rings (SSSR count). The molecule has 0 aliphatic carbocycles. The third kappa shape index (κ3) is 4.41. The Morgan fingerprint density at radius 3 is 2.47 bits per heavy atom. The normalized spacial score (nSPS) is 10.8. The number of carbonyl (C=O) groups excluding carboxylic acids is 2. The molecule has 1 heterocycles. The van der Waals surface area contributed by atoms with Gasteiger partial charge in [-0.25, -0.2) is 10.2 Å². The maximum atomic E-state index is 12.3. The van der Waals surface area contributed by atoms with Gasteiger partial charge in [-0.1, -0.05) is 12.1 Å². The number of methoxy groups -OCH3 is 2. The largest absolute Gasteiger partial charge is 0.497 e. The Hall–Kier alpha value is -3.87. The molecule has 30 heavy (non-hydrogen) atoms. The molecule has 1 amide bonds.